The Morgan fingerprint density at radius 3 is 2.67 bits per heavy atom. The van der Waals surface area contributed by atoms with E-state index in [4.69, 9.17) is 5.11 Å². The molecule has 1 fully saturated rings. The average Bonchev–Trinajstić information content (AvgIpc) is 2.68. The molecule has 0 bridgehead atoms. The minimum atomic E-state index is -1.10. The van der Waals surface area contributed by atoms with Gasteiger partial charge in [-0.25, -0.2) is 9.59 Å². The molecule has 1 saturated heterocycles. The van der Waals surface area contributed by atoms with Crippen molar-refractivity contribution in [1.82, 2.24) is 10.3 Å². The van der Waals surface area contributed by atoms with Gasteiger partial charge in [0.1, 0.15) is 5.54 Å². The minimum absolute atomic E-state index is 0.0477. The Morgan fingerprint density at radius 1 is 1.43 bits per heavy atom. The van der Waals surface area contributed by atoms with Crippen LogP contribution in [-0.2, 0) is 4.79 Å². The molecule has 7 heteroatoms. The Bertz CT molecular complexity index is 641. The van der Waals surface area contributed by atoms with Crippen LogP contribution >= 0.6 is 0 Å². The number of hydrogen-bond donors (Lipinski definition) is 2. The number of imide groups is 1. The summed E-state index contributed by atoms with van der Waals surface area (Å²) in [6, 6.07) is 5.59. The fraction of sp³-hybridized carbons (Fsp3) is 0.286. The van der Waals surface area contributed by atoms with E-state index in [9.17, 15) is 14.4 Å². The molecule has 1 atom stereocenters. The van der Waals surface area contributed by atoms with E-state index in [0.717, 1.165) is 5.01 Å². The van der Waals surface area contributed by atoms with Gasteiger partial charge in [-0.05, 0) is 19.4 Å². The van der Waals surface area contributed by atoms with Crippen LogP contribution in [0.25, 0.3) is 0 Å². The molecular formula is C14H15N3O4. The maximum atomic E-state index is 12.1. The monoisotopic (exact) mass is 289 g/mol. The Hall–Kier alpha value is -2.70. The summed E-state index contributed by atoms with van der Waals surface area (Å²) in [6.45, 7) is 3.40. The molecule has 1 aromatic rings. The number of benzene rings is 1. The topological polar surface area (TPSA) is 99.1 Å². The third-order valence-corrected chi connectivity index (χ3v) is 3.45. The molecule has 0 aliphatic carbocycles. The van der Waals surface area contributed by atoms with E-state index in [-0.39, 0.29) is 5.56 Å². The quantitative estimate of drug-likeness (QED) is 0.647. The van der Waals surface area contributed by atoms with Gasteiger partial charge >= 0.3 is 12.0 Å². The predicted molar refractivity (Wildman–Crippen MR) is 75.1 cm³/mol. The number of hydrogen-bond acceptors (Lipinski definition) is 4. The number of amides is 3. The van der Waals surface area contributed by atoms with Crippen LogP contribution in [0.1, 0.15) is 36.2 Å². The summed E-state index contributed by atoms with van der Waals surface area (Å²) in [7, 11) is 0. The van der Waals surface area contributed by atoms with Crippen LogP contribution in [0, 0.1) is 0 Å². The highest BCUT2D eigenvalue weighted by atomic mass is 16.4. The zero-order chi connectivity index (χ0) is 15.6. The lowest BCUT2D eigenvalue weighted by atomic mass is 10.00. The van der Waals surface area contributed by atoms with Crippen molar-refractivity contribution < 1.29 is 19.5 Å². The number of carboxylic acids is 1. The number of nitrogens with one attached hydrogen (secondary N) is 1. The minimum Gasteiger partial charge on any atom is -0.478 e. The summed E-state index contributed by atoms with van der Waals surface area (Å²) in [5.74, 6) is -1.56. The molecular weight excluding hydrogens is 274 g/mol. The predicted octanol–water partition coefficient (Wildman–Crippen LogP) is 1.44. The zero-order valence-electron chi connectivity index (χ0n) is 11.7. The summed E-state index contributed by atoms with van der Waals surface area (Å²) >= 11 is 0. The van der Waals surface area contributed by atoms with Crippen molar-refractivity contribution in [3.05, 3.63) is 35.4 Å². The zero-order valence-corrected chi connectivity index (χ0v) is 11.7. The second-order valence-corrected chi connectivity index (χ2v) is 4.87. The third kappa shape index (κ3) is 2.62. The van der Waals surface area contributed by atoms with E-state index in [1.807, 2.05) is 0 Å². The number of rotatable bonds is 4. The molecule has 1 aliphatic rings. The SMILES string of the molecule is CCC1(C)NC(=O)N(/N=C/c2ccccc2C(=O)O)C1=O. The average molecular weight is 289 g/mol. The van der Waals surface area contributed by atoms with Gasteiger partial charge in [0.2, 0.25) is 0 Å². The van der Waals surface area contributed by atoms with Crippen molar-refractivity contribution in [2.75, 3.05) is 0 Å². The van der Waals surface area contributed by atoms with Crippen LogP contribution in [0.3, 0.4) is 0 Å². The number of carbonyl (C=O) groups excluding carboxylic acids is 2. The lowest BCUT2D eigenvalue weighted by Gasteiger charge is -2.17. The molecule has 2 rings (SSSR count). The number of hydrazone groups is 1. The first-order valence-corrected chi connectivity index (χ1v) is 6.42. The molecule has 3 amide bonds. The van der Waals surface area contributed by atoms with Gasteiger partial charge in [0.25, 0.3) is 5.91 Å². The molecule has 1 heterocycles. The molecule has 110 valence electrons. The number of nitrogens with zero attached hydrogens (tertiary/aromatic N) is 2. The molecule has 0 radical (unpaired) electrons. The Balaban J connectivity index is 2.29. The van der Waals surface area contributed by atoms with Crippen LogP contribution in [0.15, 0.2) is 29.4 Å². The van der Waals surface area contributed by atoms with Gasteiger partial charge in [-0.15, -0.1) is 5.01 Å². The number of carbonyl (C=O) groups is 3. The summed E-state index contributed by atoms with van der Waals surface area (Å²) in [5.41, 5.74) is -0.608. The highest BCUT2D eigenvalue weighted by Crippen LogP contribution is 2.21. The van der Waals surface area contributed by atoms with Crippen LogP contribution in [-0.4, -0.2) is 39.8 Å². The number of aromatic carboxylic acids is 1. The van der Waals surface area contributed by atoms with Gasteiger partial charge in [0.05, 0.1) is 11.8 Å². The first kappa shape index (κ1) is 14.7. The Morgan fingerprint density at radius 2 is 2.10 bits per heavy atom. The van der Waals surface area contributed by atoms with Gasteiger partial charge in [-0.2, -0.15) is 5.10 Å². The highest BCUT2D eigenvalue weighted by molar-refractivity contribution is 6.07. The lowest BCUT2D eigenvalue weighted by molar-refractivity contribution is -0.130. The van der Waals surface area contributed by atoms with Crippen molar-refractivity contribution in [1.29, 1.82) is 0 Å². The van der Waals surface area contributed by atoms with E-state index in [1.54, 1.807) is 32.0 Å². The van der Waals surface area contributed by atoms with Gasteiger partial charge < -0.3 is 10.4 Å². The summed E-state index contributed by atoms with van der Waals surface area (Å²) in [4.78, 5) is 35.0. The molecule has 2 N–H and O–H groups in total. The molecule has 0 saturated carbocycles. The highest BCUT2D eigenvalue weighted by Gasteiger charge is 2.46. The maximum Gasteiger partial charge on any atom is 0.346 e. The Labute approximate surface area is 121 Å². The van der Waals surface area contributed by atoms with Crippen molar-refractivity contribution in [2.24, 2.45) is 5.10 Å². The van der Waals surface area contributed by atoms with Crippen molar-refractivity contribution in [3.63, 3.8) is 0 Å². The molecule has 0 aromatic heterocycles. The second kappa shape index (κ2) is 5.35. The Kier molecular flexibility index (Phi) is 3.75. The normalized spacial score (nSPS) is 21.9. The third-order valence-electron chi connectivity index (χ3n) is 3.45. The standard InChI is InChI=1S/C14H15N3O4/c1-3-14(2)12(20)17(13(21)16-14)15-8-9-6-4-5-7-10(9)11(18)19/h4-8H,3H2,1-2H3,(H,16,21)(H,18,19)/b15-8+. The van der Waals surface area contributed by atoms with Gasteiger partial charge in [0, 0.05) is 5.56 Å². The molecule has 1 unspecified atom stereocenters. The fourth-order valence-electron chi connectivity index (χ4n) is 1.94. The van der Waals surface area contributed by atoms with Crippen LogP contribution < -0.4 is 5.32 Å². The van der Waals surface area contributed by atoms with Gasteiger partial charge in [-0.1, -0.05) is 25.1 Å². The molecule has 1 aromatic carbocycles. The summed E-state index contributed by atoms with van der Waals surface area (Å²) in [6.07, 6.45) is 1.64. The van der Waals surface area contributed by atoms with E-state index in [1.165, 1.54) is 12.3 Å². The van der Waals surface area contributed by atoms with Crippen LogP contribution in [0.4, 0.5) is 4.79 Å². The van der Waals surface area contributed by atoms with Crippen molar-refractivity contribution in [3.8, 4) is 0 Å². The molecule has 7 nitrogen and oxygen atoms in total. The first-order valence-electron chi connectivity index (χ1n) is 6.42. The van der Waals surface area contributed by atoms with Crippen LogP contribution in [0.5, 0.6) is 0 Å². The van der Waals surface area contributed by atoms with E-state index < -0.39 is 23.4 Å². The molecule has 21 heavy (non-hydrogen) atoms. The number of urea groups is 1. The van der Waals surface area contributed by atoms with E-state index >= 15 is 0 Å². The fourth-order valence-corrected chi connectivity index (χ4v) is 1.94. The lowest BCUT2D eigenvalue weighted by Crippen LogP contribution is -2.42. The second-order valence-electron chi connectivity index (χ2n) is 4.87. The van der Waals surface area contributed by atoms with Crippen molar-refractivity contribution >= 4 is 24.1 Å². The summed E-state index contributed by atoms with van der Waals surface area (Å²) < 4.78 is 0. The van der Waals surface area contributed by atoms with E-state index in [2.05, 4.69) is 10.4 Å². The molecule has 0 spiro atoms. The van der Waals surface area contributed by atoms with Gasteiger partial charge in [0.15, 0.2) is 0 Å². The molecule has 1 aliphatic heterocycles. The largest absolute Gasteiger partial charge is 0.478 e. The number of carboxylic acid groups (broad SMARTS) is 1. The van der Waals surface area contributed by atoms with E-state index in [0.29, 0.717) is 12.0 Å². The maximum absolute atomic E-state index is 12.1. The summed E-state index contributed by atoms with van der Waals surface area (Å²) in [5, 5.41) is 16.2. The van der Waals surface area contributed by atoms with Crippen molar-refractivity contribution in [2.45, 2.75) is 25.8 Å². The van der Waals surface area contributed by atoms with Crippen LogP contribution in [0.2, 0.25) is 0 Å². The smallest absolute Gasteiger partial charge is 0.346 e. The first-order chi connectivity index (χ1) is 9.89. The van der Waals surface area contributed by atoms with Gasteiger partial charge in [-0.3, -0.25) is 4.79 Å².